The summed E-state index contributed by atoms with van der Waals surface area (Å²) < 4.78 is 20.1. The predicted octanol–water partition coefficient (Wildman–Crippen LogP) is 2.81. The molecule has 1 aliphatic carbocycles. The third kappa shape index (κ3) is 4.59. The van der Waals surface area contributed by atoms with Crippen molar-refractivity contribution in [3.63, 3.8) is 0 Å². The molecule has 0 radical (unpaired) electrons. The second-order valence-electron chi connectivity index (χ2n) is 7.32. The van der Waals surface area contributed by atoms with Crippen molar-refractivity contribution in [3.8, 4) is 5.88 Å². The molecule has 3 heterocycles. The minimum atomic E-state index is -0.336. The van der Waals surface area contributed by atoms with Gasteiger partial charge in [0.1, 0.15) is 11.5 Å². The summed E-state index contributed by atoms with van der Waals surface area (Å²) in [6, 6.07) is 8.65. The molecule has 0 bridgehead atoms. The molecule has 2 unspecified atom stereocenters. The number of rotatable bonds is 7. The topological polar surface area (TPSA) is 81.9 Å². The number of ether oxygens (including phenoxy) is 1. The van der Waals surface area contributed by atoms with Crippen molar-refractivity contribution in [2.45, 2.75) is 25.8 Å². The Morgan fingerprint density at radius 2 is 2.10 bits per heavy atom. The fraction of sp³-hybridized carbons (Fsp3) is 0.333. The van der Waals surface area contributed by atoms with Gasteiger partial charge in [-0.05, 0) is 37.1 Å². The van der Waals surface area contributed by atoms with Crippen molar-refractivity contribution < 1.29 is 9.13 Å². The predicted molar refractivity (Wildman–Crippen MR) is 106 cm³/mol. The minimum absolute atomic E-state index is 0.232. The molecule has 0 saturated heterocycles. The van der Waals surface area contributed by atoms with Gasteiger partial charge < -0.3 is 10.1 Å². The van der Waals surface area contributed by atoms with Crippen LogP contribution in [0.2, 0.25) is 0 Å². The van der Waals surface area contributed by atoms with Crippen LogP contribution in [0.3, 0.4) is 0 Å². The van der Waals surface area contributed by atoms with Crippen LogP contribution >= 0.6 is 0 Å². The molecule has 150 valence electrons. The lowest BCUT2D eigenvalue weighted by molar-refractivity contribution is 0.278. The van der Waals surface area contributed by atoms with Crippen molar-refractivity contribution in [1.82, 2.24) is 19.7 Å². The summed E-state index contributed by atoms with van der Waals surface area (Å²) in [4.78, 5) is 20.8. The van der Waals surface area contributed by atoms with Crippen LogP contribution < -0.4 is 15.6 Å². The molecule has 2 atom stereocenters. The molecule has 1 aliphatic rings. The first-order valence-electron chi connectivity index (χ1n) is 9.47. The van der Waals surface area contributed by atoms with Crippen LogP contribution in [0, 0.1) is 18.7 Å². The van der Waals surface area contributed by atoms with E-state index in [-0.39, 0.29) is 17.3 Å². The molecular formula is C21H22FN5O2. The molecule has 0 spiro atoms. The van der Waals surface area contributed by atoms with Crippen molar-refractivity contribution in [2.75, 3.05) is 11.9 Å². The molecule has 1 saturated carbocycles. The van der Waals surface area contributed by atoms with Crippen LogP contribution in [0.4, 0.5) is 10.1 Å². The maximum atomic E-state index is 13.0. The number of halogens is 1. The molecule has 3 aromatic rings. The maximum absolute atomic E-state index is 13.0. The summed E-state index contributed by atoms with van der Waals surface area (Å²) in [5.41, 5.74) is 2.97. The Hall–Kier alpha value is -3.29. The second-order valence-corrected chi connectivity index (χ2v) is 7.32. The Balaban J connectivity index is 1.37. The number of hydrogen-bond donors (Lipinski definition) is 1. The van der Waals surface area contributed by atoms with E-state index in [9.17, 15) is 9.18 Å². The molecule has 8 heteroatoms. The highest BCUT2D eigenvalue weighted by atomic mass is 19.1. The normalized spacial score (nSPS) is 17.8. The van der Waals surface area contributed by atoms with Crippen LogP contribution in [0.5, 0.6) is 5.88 Å². The zero-order chi connectivity index (χ0) is 20.4. The average Bonchev–Trinajstić information content (AvgIpc) is 3.49. The SMILES string of the molecule is Cc1ccc(CNc2cc(OCC3CC3c3ccc(F)cn3)nn(C)c2=O)nc1. The van der Waals surface area contributed by atoms with Gasteiger partial charge in [-0.1, -0.05) is 6.07 Å². The van der Waals surface area contributed by atoms with E-state index in [0.717, 1.165) is 23.4 Å². The van der Waals surface area contributed by atoms with Crippen LogP contribution in [0.15, 0.2) is 47.5 Å². The minimum Gasteiger partial charge on any atom is -0.476 e. The molecule has 0 aliphatic heterocycles. The van der Waals surface area contributed by atoms with E-state index >= 15 is 0 Å². The Labute approximate surface area is 167 Å². The van der Waals surface area contributed by atoms with E-state index in [1.165, 1.54) is 16.9 Å². The lowest BCUT2D eigenvalue weighted by atomic mass is 10.2. The first-order chi connectivity index (χ1) is 14.0. The van der Waals surface area contributed by atoms with Gasteiger partial charge in [0.15, 0.2) is 0 Å². The van der Waals surface area contributed by atoms with Crippen LogP contribution in [0.25, 0.3) is 0 Å². The molecular weight excluding hydrogens is 373 g/mol. The monoisotopic (exact) mass is 395 g/mol. The fourth-order valence-electron chi connectivity index (χ4n) is 3.16. The van der Waals surface area contributed by atoms with Gasteiger partial charge in [0.05, 0.1) is 25.0 Å². The second kappa shape index (κ2) is 7.98. The van der Waals surface area contributed by atoms with E-state index in [1.807, 2.05) is 19.1 Å². The number of pyridine rings is 2. The quantitative estimate of drug-likeness (QED) is 0.663. The summed E-state index contributed by atoms with van der Waals surface area (Å²) in [5.74, 6) is 0.621. The third-order valence-corrected chi connectivity index (χ3v) is 4.97. The van der Waals surface area contributed by atoms with Gasteiger partial charge in [0.2, 0.25) is 5.88 Å². The molecule has 1 N–H and O–H groups in total. The number of aromatic nitrogens is 4. The molecule has 0 aromatic carbocycles. The lowest BCUT2D eigenvalue weighted by Crippen LogP contribution is -2.24. The highest BCUT2D eigenvalue weighted by Crippen LogP contribution is 2.46. The first kappa shape index (κ1) is 19.0. The van der Waals surface area contributed by atoms with Crippen molar-refractivity contribution in [2.24, 2.45) is 13.0 Å². The van der Waals surface area contributed by atoms with E-state index in [2.05, 4.69) is 20.4 Å². The molecule has 3 aromatic heterocycles. The summed E-state index contributed by atoms with van der Waals surface area (Å²) in [7, 11) is 1.59. The zero-order valence-electron chi connectivity index (χ0n) is 16.3. The van der Waals surface area contributed by atoms with Gasteiger partial charge in [-0.3, -0.25) is 14.8 Å². The fourth-order valence-corrected chi connectivity index (χ4v) is 3.16. The van der Waals surface area contributed by atoms with Crippen molar-refractivity contribution >= 4 is 5.69 Å². The number of nitrogens with one attached hydrogen (secondary N) is 1. The number of hydrogen-bond acceptors (Lipinski definition) is 6. The summed E-state index contributed by atoms with van der Waals surface area (Å²) in [6.07, 6.45) is 3.97. The smallest absolute Gasteiger partial charge is 0.290 e. The van der Waals surface area contributed by atoms with E-state index < -0.39 is 0 Å². The number of anilines is 1. The third-order valence-electron chi connectivity index (χ3n) is 4.97. The molecule has 7 nitrogen and oxygen atoms in total. The standard InChI is InChI=1S/C21H22FN5O2/c1-13-3-5-16(23-9-13)11-25-19-8-20(26-27(2)21(19)28)29-12-14-7-17(14)18-6-4-15(22)10-24-18/h3-6,8-10,14,17,25H,7,11-12H2,1-2H3. The van der Waals surface area contributed by atoms with E-state index in [0.29, 0.717) is 30.6 Å². The van der Waals surface area contributed by atoms with Gasteiger partial charge >= 0.3 is 0 Å². The van der Waals surface area contributed by atoms with Gasteiger partial charge in [0, 0.05) is 36.8 Å². The lowest BCUT2D eigenvalue weighted by Gasteiger charge is -2.10. The Morgan fingerprint density at radius 3 is 2.83 bits per heavy atom. The van der Waals surface area contributed by atoms with Crippen molar-refractivity contribution in [1.29, 1.82) is 0 Å². The number of nitrogens with zero attached hydrogens (tertiary/aromatic N) is 4. The largest absolute Gasteiger partial charge is 0.476 e. The Bertz CT molecular complexity index is 1050. The highest BCUT2D eigenvalue weighted by Gasteiger charge is 2.40. The molecule has 1 fully saturated rings. The summed E-state index contributed by atoms with van der Waals surface area (Å²) in [5, 5.41) is 7.28. The average molecular weight is 395 g/mol. The van der Waals surface area contributed by atoms with Crippen LogP contribution in [-0.2, 0) is 13.6 Å². The van der Waals surface area contributed by atoms with Crippen LogP contribution in [-0.4, -0.2) is 26.4 Å². The van der Waals surface area contributed by atoms with Crippen molar-refractivity contribution in [3.05, 3.63) is 75.8 Å². The Morgan fingerprint density at radius 1 is 1.24 bits per heavy atom. The van der Waals surface area contributed by atoms with Gasteiger partial charge in [-0.25, -0.2) is 9.07 Å². The summed E-state index contributed by atoms with van der Waals surface area (Å²) >= 11 is 0. The van der Waals surface area contributed by atoms with Gasteiger partial charge in [-0.15, -0.1) is 5.10 Å². The van der Waals surface area contributed by atoms with Gasteiger partial charge in [-0.2, -0.15) is 0 Å². The maximum Gasteiger partial charge on any atom is 0.290 e. The highest BCUT2D eigenvalue weighted by molar-refractivity contribution is 5.43. The van der Waals surface area contributed by atoms with E-state index in [4.69, 9.17) is 4.74 Å². The Kier molecular flexibility index (Phi) is 5.24. The molecule has 0 amide bonds. The first-order valence-corrected chi connectivity index (χ1v) is 9.47. The number of aryl methyl sites for hydroxylation is 2. The summed E-state index contributed by atoms with van der Waals surface area (Å²) in [6.45, 7) is 2.87. The van der Waals surface area contributed by atoms with E-state index in [1.54, 1.807) is 25.4 Å². The van der Waals surface area contributed by atoms with Crippen LogP contribution in [0.1, 0.15) is 29.3 Å². The molecule has 29 heavy (non-hydrogen) atoms. The zero-order valence-corrected chi connectivity index (χ0v) is 16.3. The van der Waals surface area contributed by atoms with Gasteiger partial charge in [0.25, 0.3) is 5.56 Å². The molecule has 4 rings (SSSR count).